The number of rotatable bonds is 7. The van der Waals surface area contributed by atoms with Crippen molar-refractivity contribution in [2.24, 2.45) is 0 Å². The molecule has 1 aliphatic rings. The van der Waals surface area contributed by atoms with E-state index in [4.69, 9.17) is 9.47 Å². The fourth-order valence-electron chi connectivity index (χ4n) is 6.47. The van der Waals surface area contributed by atoms with Gasteiger partial charge in [0.15, 0.2) is 13.6 Å². The number of ether oxygens (including phenoxy) is 2. The Kier molecular flexibility index (Phi) is 6.27. The van der Waals surface area contributed by atoms with Gasteiger partial charge in [0.25, 0.3) is 0 Å². The van der Waals surface area contributed by atoms with Crippen molar-refractivity contribution in [3.05, 3.63) is 156 Å². The molecule has 0 bridgehead atoms. The summed E-state index contributed by atoms with van der Waals surface area (Å²) in [5.74, 6) is 1.21. The quantitative estimate of drug-likeness (QED) is 0.207. The third-order valence-electron chi connectivity index (χ3n) is 8.17. The Balaban J connectivity index is 1.53. The lowest BCUT2D eigenvalue weighted by molar-refractivity contribution is 0.0981. The standard InChI is InChI=1S/C37H28O4/c38-23-40-30-18-14-28(15-19-30)37(29-16-20-31(21-17-29)41-24-39)34-10-4-3-8-33(34)36-32(9-5-11-35(36)37)27-13-12-25-6-1-2-7-26(25)22-27/h1-22,38-39H,23-24H2. The molecule has 1 aliphatic carbocycles. The first-order valence-electron chi connectivity index (χ1n) is 13.6. The first-order valence-corrected chi connectivity index (χ1v) is 13.6. The van der Waals surface area contributed by atoms with Gasteiger partial charge in [-0.1, -0.05) is 103 Å². The van der Waals surface area contributed by atoms with E-state index in [0.29, 0.717) is 11.5 Å². The van der Waals surface area contributed by atoms with E-state index < -0.39 is 5.41 Å². The molecule has 7 rings (SSSR count). The average Bonchev–Trinajstić information content (AvgIpc) is 3.33. The highest BCUT2D eigenvalue weighted by Gasteiger charge is 2.46. The van der Waals surface area contributed by atoms with Gasteiger partial charge in [0.05, 0.1) is 5.41 Å². The third kappa shape index (κ3) is 4.00. The molecule has 6 aromatic rings. The van der Waals surface area contributed by atoms with Crippen molar-refractivity contribution in [3.8, 4) is 33.8 Å². The van der Waals surface area contributed by atoms with Crippen molar-refractivity contribution in [1.29, 1.82) is 0 Å². The molecule has 0 radical (unpaired) electrons. The van der Waals surface area contributed by atoms with Crippen molar-refractivity contribution >= 4 is 10.8 Å². The molecule has 6 aromatic carbocycles. The first-order chi connectivity index (χ1) is 20.2. The predicted octanol–water partition coefficient (Wildman–Crippen LogP) is 7.53. The molecule has 0 heterocycles. The van der Waals surface area contributed by atoms with Crippen LogP contribution in [0.3, 0.4) is 0 Å². The number of fused-ring (bicyclic) bond motifs is 4. The molecule has 0 fully saturated rings. The SMILES string of the molecule is OCOc1ccc(C2(c3ccc(OCO)cc3)c3ccccc3-c3c(-c4ccc5ccccc5c4)cccc32)cc1. The second-order valence-electron chi connectivity index (χ2n) is 10.2. The van der Waals surface area contributed by atoms with E-state index in [1.807, 2.05) is 24.3 Å². The summed E-state index contributed by atoms with van der Waals surface area (Å²) in [6.07, 6.45) is 0. The average molecular weight is 537 g/mol. The van der Waals surface area contributed by atoms with Crippen LogP contribution in [-0.4, -0.2) is 23.8 Å². The van der Waals surface area contributed by atoms with Gasteiger partial charge in [-0.3, -0.25) is 0 Å². The fraction of sp³-hybridized carbons (Fsp3) is 0.0811. The maximum absolute atomic E-state index is 9.31. The minimum absolute atomic E-state index is 0.377. The second-order valence-corrected chi connectivity index (χ2v) is 10.2. The molecule has 2 N–H and O–H groups in total. The Morgan fingerprint density at radius 1 is 0.488 bits per heavy atom. The highest BCUT2D eigenvalue weighted by atomic mass is 16.6. The van der Waals surface area contributed by atoms with Crippen LogP contribution in [0.5, 0.6) is 11.5 Å². The minimum atomic E-state index is -0.617. The molecule has 4 heteroatoms. The van der Waals surface area contributed by atoms with E-state index in [9.17, 15) is 10.2 Å². The van der Waals surface area contributed by atoms with E-state index in [-0.39, 0.29) is 13.6 Å². The fourth-order valence-corrected chi connectivity index (χ4v) is 6.47. The third-order valence-corrected chi connectivity index (χ3v) is 8.17. The maximum atomic E-state index is 9.31. The molecule has 0 aliphatic heterocycles. The summed E-state index contributed by atoms with van der Waals surface area (Å²) < 4.78 is 10.7. The molecule has 4 nitrogen and oxygen atoms in total. The van der Waals surface area contributed by atoms with E-state index in [2.05, 4.69) is 109 Å². The molecule has 200 valence electrons. The van der Waals surface area contributed by atoms with Crippen molar-refractivity contribution in [2.75, 3.05) is 13.6 Å². The lowest BCUT2D eigenvalue weighted by atomic mass is 9.67. The van der Waals surface area contributed by atoms with Gasteiger partial charge in [-0.15, -0.1) is 0 Å². The van der Waals surface area contributed by atoms with Crippen LogP contribution in [0.25, 0.3) is 33.0 Å². The Morgan fingerprint density at radius 2 is 1.05 bits per heavy atom. The Bertz CT molecular complexity index is 1810. The minimum Gasteiger partial charge on any atom is -0.468 e. The summed E-state index contributed by atoms with van der Waals surface area (Å²) in [7, 11) is 0. The Hall–Kier alpha value is -4.90. The molecule has 0 unspecified atom stereocenters. The molecule has 0 saturated carbocycles. The largest absolute Gasteiger partial charge is 0.468 e. The molecule has 0 amide bonds. The van der Waals surface area contributed by atoms with Crippen LogP contribution >= 0.6 is 0 Å². The highest BCUT2D eigenvalue weighted by molar-refractivity contribution is 5.97. The van der Waals surface area contributed by atoms with Gasteiger partial charge in [0.1, 0.15) is 11.5 Å². The summed E-state index contributed by atoms with van der Waals surface area (Å²) in [4.78, 5) is 0. The van der Waals surface area contributed by atoms with Gasteiger partial charge in [-0.2, -0.15) is 0 Å². The van der Waals surface area contributed by atoms with E-state index in [0.717, 1.165) is 11.1 Å². The summed E-state index contributed by atoms with van der Waals surface area (Å²) in [6, 6.07) is 46.3. The van der Waals surface area contributed by atoms with Gasteiger partial charge in [-0.25, -0.2) is 0 Å². The smallest absolute Gasteiger partial charge is 0.186 e. The van der Waals surface area contributed by atoms with Gasteiger partial charge >= 0.3 is 0 Å². The number of aliphatic hydroxyl groups is 2. The van der Waals surface area contributed by atoms with E-state index >= 15 is 0 Å². The molecule has 0 saturated heterocycles. The topological polar surface area (TPSA) is 58.9 Å². The van der Waals surface area contributed by atoms with Crippen molar-refractivity contribution in [1.82, 2.24) is 0 Å². The van der Waals surface area contributed by atoms with Crippen molar-refractivity contribution in [2.45, 2.75) is 5.41 Å². The molecular weight excluding hydrogens is 508 g/mol. The normalized spacial score (nSPS) is 13.0. The number of aliphatic hydroxyl groups excluding tert-OH is 2. The lowest BCUT2D eigenvalue weighted by Gasteiger charge is -2.34. The van der Waals surface area contributed by atoms with Crippen LogP contribution in [0, 0.1) is 0 Å². The van der Waals surface area contributed by atoms with Gasteiger partial charge < -0.3 is 19.7 Å². The second kappa shape index (κ2) is 10.3. The zero-order valence-corrected chi connectivity index (χ0v) is 22.3. The van der Waals surface area contributed by atoms with Crippen LogP contribution in [0.15, 0.2) is 133 Å². The number of hydrogen-bond acceptors (Lipinski definition) is 4. The Morgan fingerprint density at radius 3 is 1.71 bits per heavy atom. The molecule has 0 aromatic heterocycles. The monoisotopic (exact) mass is 536 g/mol. The maximum Gasteiger partial charge on any atom is 0.186 e. The van der Waals surface area contributed by atoms with Crippen LogP contribution in [0.4, 0.5) is 0 Å². The van der Waals surface area contributed by atoms with Crippen LogP contribution in [-0.2, 0) is 5.41 Å². The highest BCUT2D eigenvalue weighted by Crippen LogP contribution is 2.58. The van der Waals surface area contributed by atoms with Gasteiger partial charge in [-0.05, 0) is 85.6 Å². The van der Waals surface area contributed by atoms with Crippen molar-refractivity contribution < 1.29 is 19.7 Å². The summed E-state index contributed by atoms with van der Waals surface area (Å²) in [5, 5.41) is 21.0. The van der Waals surface area contributed by atoms with Gasteiger partial charge in [0, 0.05) is 0 Å². The van der Waals surface area contributed by atoms with E-state index in [1.165, 1.54) is 44.2 Å². The Labute approximate surface area is 238 Å². The lowest BCUT2D eigenvalue weighted by Crippen LogP contribution is -2.28. The molecule has 41 heavy (non-hydrogen) atoms. The summed E-state index contributed by atoms with van der Waals surface area (Å²) in [5.41, 5.74) is 8.69. The first kappa shape index (κ1) is 25.1. The summed E-state index contributed by atoms with van der Waals surface area (Å²) in [6.45, 7) is -0.755. The van der Waals surface area contributed by atoms with Crippen LogP contribution < -0.4 is 9.47 Å². The van der Waals surface area contributed by atoms with Crippen molar-refractivity contribution in [3.63, 3.8) is 0 Å². The van der Waals surface area contributed by atoms with Crippen LogP contribution in [0.2, 0.25) is 0 Å². The van der Waals surface area contributed by atoms with E-state index in [1.54, 1.807) is 0 Å². The van der Waals surface area contributed by atoms with Gasteiger partial charge in [0.2, 0.25) is 0 Å². The molecule has 0 atom stereocenters. The molecule has 0 spiro atoms. The number of hydrogen-bond donors (Lipinski definition) is 2. The molecular formula is C37H28O4. The zero-order chi connectivity index (χ0) is 27.8. The summed E-state index contributed by atoms with van der Waals surface area (Å²) >= 11 is 0. The number of benzene rings is 6. The zero-order valence-electron chi connectivity index (χ0n) is 22.3. The predicted molar refractivity (Wildman–Crippen MR) is 162 cm³/mol. The van der Waals surface area contributed by atoms with Crippen LogP contribution in [0.1, 0.15) is 22.3 Å².